The van der Waals surface area contributed by atoms with Gasteiger partial charge in [0.2, 0.25) is 6.41 Å². The maximum atomic E-state index is 14.9. The molecule has 4 heterocycles. The zero-order valence-electron chi connectivity index (χ0n) is 20.9. The summed E-state index contributed by atoms with van der Waals surface area (Å²) in [5.41, 5.74) is 3.28. The van der Waals surface area contributed by atoms with Crippen LogP contribution in [0.5, 0.6) is 5.88 Å². The first kappa shape index (κ1) is 25.6. The number of nitrogens with zero attached hydrogens (tertiary/aromatic N) is 1. The Kier molecular flexibility index (Phi) is 7.71. The summed E-state index contributed by atoms with van der Waals surface area (Å²) in [6.07, 6.45) is 0.875. The summed E-state index contributed by atoms with van der Waals surface area (Å²) in [6.45, 7) is 3.32. The van der Waals surface area contributed by atoms with Crippen molar-refractivity contribution in [1.82, 2.24) is 15.3 Å². The highest BCUT2D eigenvalue weighted by Crippen LogP contribution is 2.38. The van der Waals surface area contributed by atoms with Crippen molar-refractivity contribution in [2.24, 2.45) is 0 Å². The van der Waals surface area contributed by atoms with E-state index in [4.69, 9.17) is 14.2 Å². The lowest BCUT2D eigenvalue weighted by molar-refractivity contribution is -0.110. The van der Waals surface area contributed by atoms with Crippen molar-refractivity contribution in [2.75, 3.05) is 26.9 Å². The van der Waals surface area contributed by atoms with Gasteiger partial charge in [0.05, 0.1) is 24.2 Å². The number of aliphatic hydroxyl groups is 1. The van der Waals surface area contributed by atoms with E-state index < -0.39 is 11.9 Å². The SMILES string of the molecule is CCOC.O=CNC1CC(c2ccc(-c3nc4cc(O[C@@H]5COC6[C@H](O)CO[C@@H]65)[nH]c4cc3F)cc2)C1. The number of aromatic amines is 1. The molecule has 10 heteroatoms. The van der Waals surface area contributed by atoms with Crippen LogP contribution < -0.4 is 10.1 Å². The smallest absolute Gasteiger partial charge is 0.207 e. The molecule has 0 bridgehead atoms. The molecule has 0 radical (unpaired) electrons. The topological polar surface area (TPSA) is 115 Å². The zero-order valence-corrected chi connectivity index (χ0v) is 20.9. The highest BCUT2D eigenvalue weighted by Gasteiger charge is 2.48. The second-order valence-corrected chi connectivity index (χ2v) is 9.55. The second-order valence-electron chi connectivity index (χ2n) is 9.55. The van der Waals surface area contributed by atoms with Crippen LogP contribution in [0.2, 0.25) is 0 Å². The number of pyridine rings is 1. The predicted octanol–water partition coefficient (Wildman–Crippen LogP) is 2.92. The number of halogens is 1. The molecule has 3 fully saturated rings. The number of ether oxygens (including phenoxy) is 4. The minimum Gasteiger partial charge on any atom is -0.470 e. The van der Waals surface area contributed by atoms with E-state index in [9.17, 15) is 14.3 Å². The number of amides is 1. The summed E-state index contributed by atoms with van der Waals surface area (Å²) in [5.74, 6) is 0.437. The van der Waals surface area contributed by atoms with Crippen molar-refractivity contribution >= 4 is 17.4 Å². The van der Waals surface area contributed by atoms with E-state index in [-0.39, 0.29) is 36.7 Å². The summed E-state index contributed by atoms with van der Waals surface area (Å²) < 4.78 is 36.6. The fourth-order valence-electron chi connectivity index (χ4n) is 5.02. The first-order chi connectivity index (χ1) is 18.0. The van der Waals surface area contributed by atoms with E-state index >= 15 is 0 Å². The summed E-state index contributed by atoms with van der Waals surface area (Å²) in [7, 11) is 1.68. The number of aromatic nitrogens is 2. The highest BCUT2D eigenvalue weighted by atomic mass is 19.1. The summed E-state index contributed by atoms with van der Waals surface area (Å²) in [6, 6.07) is 11.2. The van der Waals surface area contributed by atoms with Gasteiger partial charge in [-0.3, -0.25) is 4.79 Å². The van der Waals surface area contributed by atoms with Gasteiger partial charge in [0.1, 0.15) is 24.0 Å². The Bertz CT molecular complexity index is 1210. The number of rotatable bonds is 7. The van der Waals surface area contributed by atoms with Crippen LogP contribution >= 0.6 is 0 Å². The van der Waals surface area contributed by atoms with Crippen LogP contribution in [0.1, 0.15) is 31.2 Å². The van der Waals surface area contributed by atoms with Gasteiger partial charge in [-0.1, -0.05) is 24.3 Å². The highest BCUT2D eigenvalue weighted by molar-refractivity contribution is 5.80. The van der Waals surface area contributed by atoms with Gasteiger partial charge >= 0.3 is 0 Å². The molecule has 2 aromatic heterocycles. The number of carbonyl (C=O) groups excluding carboxylic acids is 1. The number of carbonyl (C=O) groups is 1. The van der Waals surface area contributed by atoms with E-state index in [0.29, 0.717) is 35.0 Å². The first-order valence-electron chi connectivity index (χ1n) is 12.6. The van der Waals surface area contributed by atoms with Crippen molar-refractivity contribution in [3.05, 3.63) is 47.8 Å². The molecule has 0 spiro atoms. The van der Waals surface area contributed by atoms with Crippen LogP contribution in [-0.2, 0) is 19.0 Å². The van der Waals surface area contributed by atoms with Gasteiger partial charge in [0.25, 0.3) is 0 Å². The van der Waals surface area contributed by atoms with Crippen LogP contribution in [-0.4, -0.2) is 78.9 Å². The number of fused-ring (bicyclic) bond motifs is 2. The average molecular weight is 514 g/mol. The molecule has 37 heavy (non-hydrogen) atoms. The second kappa shape index (κ2) is 11.1. The van der Waals surface area contributed by atoms with Crippen LogP contribution in [0.4, 0.5) is 4.39 Å². The van der Waals surface area contributed by atoms with Crippen molar-refractivity contribution < 1.29 is 33.2 Å². The van der Waals surface area contributed by atoms with Gasteiger partial charge in [-0.05, 0) is 31.2 Å². The van der Waals surface area contributed by atoms with Crippen molar-refractivity contribution in [2.45, 2.75) is 56.1 Å². The molecule has 2 aliphatic heterocycles. The zero-order chi connectivity index (χ0) is 25.9. The molecule has 3 N–H and O–H groups in total. The number of methoxy groups -OCH3 is 1. The monoisotopic (exact) mass is 513 g/mol. The van der Waals surface area contributed by atoms with Crippen LogP contribution in [0.3, 0.4) is 0 Å². The number of hydrogen-bond acceptors (Lipinski definition) is 7. The lowest BCUT2D eigenvalue weighted by Crippen LogP contribution is -2.39. The number of H-pyrrole nitrogens is 1. The van der Waals surface area contributed by atoms with Gasteiger partial charge in [0, 0.05) is 37.5 Å². The predicted molar refractivity (Wildman–Crippen MR) is 134 cm³/mol. The first-order valence-corrected chi connectivity index (χ1v) is 12.6. The largest absolute Gasteiger partial charge is 0.470 e. The molecule has 198 valence electrons. The number of aliphatic hydroxyl groups excluding tert-OH is 1. The van der Waals surface area contributed by atoms with Crippen molar-refractivity contribution in [1.29, 1.82) is 0 Å². The van der Waals surface area contributed by atoms with E-state index in [1.54, 1.807) is 13.2 Å². The third-order valence-corrected chi connectivity index (χ3v) is 7.18. The summed E-state index contributed by atoms with van der Waals surface area (Å²) in [4.78, 5) is 18.1. The fourth-order valence-corrected chi connectivity index (χ4v) is 5.02. The lowest BCUT2D eigenvalue weighted by Gasteiger charge is -2.35. The molecule has 6 rings (SSSR count). The molecular formula is C27H32FN3O6. The molecular weight excluding hydrogens is 481 g/mol. The van der Waals surface area contributed by atoms with Gasteiger partial charge < -0.3 is 34.4 Å². The number of benzene rings is 1. The minimum atomic E-state index is -0.644. The number of hydrogen-bond donors (Lipinski definition) is 3. The Morgan fingerprint density at radius 2 is 1.92 bits per heavy atom. The Morgan fingerprint density at radius 1 is 1.19 bits per heavy atom. The maximum Gasteiger partial charge on any atom is 0.207 e. The van der Waals surface area contributed by atoms with Crippen LogP contribution in [0.25, 0.3) is 22.3 Å². The lowest BCUT2D eigenvalue weighted by atomic mass is 9.76. The number of nitrogens with one attached hydrogen (secondary N) is 2. The fraction of sp³-hybridized carbons (Fsp3) is 0.481. The Balaban J connectivity index is 0.000000655. The molecule has 1 amide bonds. The molecule has 9 nitrogen and oxygen atoms in total. The maximum absolute atomic E-state index is 14.9. The van der Waals surface area contributed by atoms with Crippen LogP contribution in [0, 0.1) is 5.82 Å². The Labute approximate surface area is 214 Å². The molecule has 1 unspecified atom stereocenters. The van der Waals surface area contributed by atoms with E-state index in [1.165, 1.54) is 11.6 Å². The third-order valence-electron chi connectivity index (χ3n) is 7.18. The summed E-state index contributed by atoms with van der Waals surface area (Å²) >= 11 is 0. The van der Waals surface area contributed by atoms with E-state index in [1.807, 2.05) is 31.2 Å². The average Bonchev–Trinajstić information content (AvgIpc) is 3.57. The normalized spacial score (nSPS) is 28.2. The molecule has 4 atom stereocenters. The molecule has 2 saturated heterocycles. The molecule has 1 saturated carbocycles. The minimum absolute atomic E-state index is 0.230. The van der Waals surface area contributed by atoms with Gasteiger partial charge in [-0.25, -0.2) is 9.37 Å². The van der Waals surface area contributed by atoms with Gasteiger partial charge in [-0.2, -0.15) is 0 Å². The Hall–Kier alpha value is -3.05. The van der Waals surface area contributed by atoms with Crippen molar-refractivity contribution in [3.63, 3.8) is 0 Å². The van der Waals surface area contributed by atoms with Crippen LogP contribution in [0.15, 0.2) is 36.4 Å². The summed E-state index contributed by atoms with van der Waals surface area (Å²) in [5, 5.41) is 12.7. The van der Waals surface area contributed by atoms with Gasteiger partial charge in [-0.15, -0.1) is 0 Å². The molecule has 1 aromatic carbocycles. The molecule has 1 aliphatic carbocycles. The third kappa shape index (κ3) is 5.33. The molecule has 3 aliphatic rings. The van der Waals surface area contributed by atoms with E-state index in [2.05, 4.69) is 20.0 Å². The van der Waals surface area contributed by atoms with E-state index in [0.717, 1.165) is 25.9 Å². The molecule has 3 aromatic rings. The Morgan fingerprint density at radius 3 is 2.62 bits per heavy atom. The quantitative estimate of drug-likeness (QED) is 0.416. The standard InChI is InChI=1S/C24H24FN3O5.C3H8O/c25-16-7-17-18(8-21(27-17)33-20-10-32-23-19(30)9-31-24(20)23)28-22(16)13-3-1-12(2-4-13)14-5-15(6-14)26-11-29;1-3-4-2/h1-4,7-8,11,14-15,19-20,23-24,27,30H,5-6,9-10H2,(H,26,29);3H2,1-2H3/t14?,15?,19-,20-,23?,24-;/m1./s1. The van der Waals surface area contributed by atoms with Crippen molar-refractivity contribution in [3.8, 4) is 17.1 Å². The van der Waals surface area contributed by atoms with Gasteiger partial charge in [0.15, 0.2) is 17.8 Å².